The molecule has 1 atom stereocenters. The third kappa shape index (κ3) is 1.45. The SMILES string of the molecule is N[C@@H]1CC(=O)N(c2ccc3c(c2)OCO3)C1=O. The molecule has 17 heavy (non-hydrogen) atoms. The fourth-order valence-corrected chi connectivity index (χ4v) is 1.95. The number of hydrogen-bond donors (Lipinski definition) is 1. The largest absolute Gasteiger partial charge is 0.454 e. The normalized spacial score (nSPS) is 22.4. The van der Waals surface area contributed by atoms with Gasteiger partial charge in [-0.15, -0.1) is 0 Å². The van der Waals surface area contributed by atoms with Crippen molar-refractivity contribution < 1.29 is 19.1 Å². The van der Waals surface area contributed by atoms with Gasteiger partial charge in [0.25, 0.3) is 5.91 Å². The summed E-state index contributed by atoms with van der Waals surface area (Å²) >= 11 is 0. The van der Waals surface area contributed by atoms with E-state index in [1.807, 2.05) is 0 Å². The van der Waals surface area contributed by atoms with Crippen molar-refractivity contribution >= 4 is 17.5 Å². The molecule has 1 aromatic carbocycles. The summed E-state index contributed by atoms with van der Waals surface area (Å²) in [6.07, 6.45) is 0.0489. The number of ether oxygens (including phenoxy) is 2. The molecule has 2 aliphatic rings. The van der Waals surface area contributed by atoms with Crippen molar-refractivity contribution in [2.45, 2.75) is 12.5 Å². The molecule has 0 radical (unpaired) electrons. The molecular weight excluding hydrogens is 224 g/mol. The lowest BCUT2D eigenvalue weighted by atomic mass is 10.2. The molecule has 2 aliphatic heterocycles. The van der Waals surface area contributed by atoms with Gasteiger partial charge in [-0.2, -0.15) is 0 Å². The first-order chi connectivity index (χ1) is 8.16. The summed E-state index contributed by atoms with van der Waals surface area (Å²) in [7, 11) is 0. The van der Waals surface area contributed by atoms with Crippen molar-refractivity contribution in [1.82, 2.24) is 0 Å². The van der Waals surface area contributed by atoms with E-state index < -0.39 is 6.04 Å². The van der Waals surface area contributed by atoms with Gasteiger partial charge in [0, 0.05) is 6.07 Å². The van der Waals surface area contributed by atoms with E-state index in [1.165, 1.54) is 0 Å². The van der Waals surface area contributed by atoms with Crippen LogP contribution in [0.1, 0.15) is 6.42 Å². The highest BCUT2D eigenvalue weighted by Gasteiger charge is 2.37. The maximum atomic E-state index is 11.7. The van der Waals surface area contributed by atoms with Crippen LogP contribution in [0.15, 0.2) is 18.2 Å². The lowest BCUT2D eigenvalue weighted by molar-refractivity contribution is -0.121. The van der Waals surface area contributed by atoms with Crippen LogP contribution in [0.3, 0.4) is 0 Å². The number of carbonyl (C=O) groups excluding carboxylic acids is 2. The molecule has 88 valence electrons. The number of anilines is 1. The van der Waals surface area contributed by atoms with Crippen molar-refractivity contribution in [2.24, 2.45) is 5.73 Å². The maximum absolute atomic E-state index is 11.7. The number of imide groups is 1. The van der Waals surface area contributed by atoms with E-state index in [-0.39, 0.29) is 25.0 Å². The summed E-state index contributed by atoms with van der Waals surface area (Å²) in [6.45, 7) is 0.153. The average Bonchev–Trinajstić information content (AvgIpc) is 2.84. The zero-order valence-electron chi connectivity index (χ0n) is 8.88. The first kappa shape index (κ1) is 10.1. The Kier molecular flexibility index (Phi) is 2.05. The molecule has 3 rings (SSSR count). The fourth-order valence-electron chi connectivity index (χ4n) is 1.95. The van der Waals surface area contributed by atoms with Crippen LogP contribution in [-0.2, 0) is 9.59 Å². The van der Waals surface area contributed by atoms with Gasteiger partial charge < -0.3 is 15.2 Å². The molecule has 0 unspecified atom stereocenters. The Balaban J connectivity index is 1.99. The minimum atomic E-state index is -0.743. The molecule has 6 heteroatoms. The highest BCUT2D eigenvalue weighted by Crippen LogP contribution is 2.36. The number of rotatable bonds is 1. The van der Waals surface area contributed by atoms with E-state index in [4.69, 9.17) is 15.2 Å². The van der Waals surface area contributed by atoms with Crippen molar-refractivity contribution in [3.63, 3.8) is 0 Å². The Morgan fingerprint density at radius 3 is 2.71 bits per heavy atom. The van der Waals surface area contributed by atoms with Crippen molar-refractivity contribution in [3.8, 4) is 11.5 Å². The van der Waals surface area contributed by atoms with Crippen LogP contribution in [0, 0.1) is 0 Å². The van der Waals surface area contributed by atoms with Crippen LogP contribution in [0.2, 0.25) is 0 Å². The number of nitrogens with two attached hydrogens (primary N) is 1. The molecule has 2 N–H and O–H groups in total. The van der Waals surface area contributed by atoms with Gasteiger partial charge >= 0.3 is 0 Å². The smallest absolute Gasteiger partial charge is 0.251 e. The second-order valence-electron chi connectivity index (χ2n) is 3.92. The van der Waals surface area contributed by atoms with Crippen molar-refractivity contribution in [1.29, 1.82) is 0 Å². The molecule has 0 spiro atoms. The minimum Gasteiger partial charge on any atom is -0.454 e. The monoisotopic (exact) mass is 234 g/mol. The van der Waals surface area contributed by atoms with Crippen molar-refractivity contribution in [3.05, 3.63) is 18.2 Å². The van der Waals surface area contributed by atoms with Crippen LogP contribution < -0.4 is 20.1 Å². The van der Waals surface area contributed by atoms with E-state index >= 15 is 0 Å². The molecule has 1 aromatic rings. The lowest BCUT2D eigenvalue weighted by Crippen LogP contribution is -2.35. The van der Waals surface area contributed by atoms with Crippen LogP contribution in [0.25, 0.3) is 0 Å². The summed E-state index contributed by atoms with van der Waals surface area (Å²) in [4.78, 5) is 24.5. The second-order valence-corrected chi connectivity index (χ2v) is 3.92. The standard InChI is InChI=1S/C11H10N2O4/c12-7-4-10(14)13(11(7)15)6-1-2-8-9(3-6)17-5-16-8/h1-3,7H,4-5,12H2/t7-/m1/s1. The summed E-state index contributed by atoms with van der Waals surface area (Å²) < 4.78 is 10.3. The molecule has 1 fully saturated rings. The second kappa shape index (κ2) is 3.46. The molecule has 0 aromatic heterocycles. The third-order valence-corrected chi connectivity index (χ3v) is 2.80. The van der Waals surface area contributed by atoms with Crippen LogP contribution in [0.4, 0.5) is 5.69 Å². The molecule has 2 heterocycles. The zero-order valence-corrected chi connectivity index (χ0v) is 8.88. The van der Waals surface area contributed by atoms with Gasteiger partial charge in [-0.3, -0.25) is 9.59 Å². The number of fused-ring (bicyclic) bond motifs is 1. The fraction of sp³-hybridized carbons (Fsp3) is 0.273. The molecule has 0 aliphatic carbocycles. The highest BCUT2D eigenvalue weighted by atomic mass is 16.7. The van der Waals surface area contributed by atoms with E-state index in [0.29, 0.717) is 17.2 Å². The molecule has 1 saturated heterocycles. The summed E-state index contributed by atoms with van der Waals surface area (Å²) in [5, 5.41) is 0. The Hall–Kier alpha value is -2.08. The average molecular weight is 234 g/mol. The van der Waals surface area contributed by atoms with E-state index in [0.717, 1.165) is 4.90 Å². The van der Waals surface area contributed by atoms with Crippen LogP contribution in [0.5, 0.6) is 11.5 Å². The van der Waals surface area contributed by atoms with Crippen LogP contribution in [-0.4, -0.2) is 24.6 Å². The first-order valence-corrected chi connectivity index (χ1v) is 5.19. The number of nitrogens with zero attached hydrogens (tertiary/aromatic N) is 1. The zero-order chi connectivity index (χ0) is 12.0. The predicted octanol–water partition coefficient (Wildman–Crippen LogP) is 0.00590. The minimum absolute atomic E-state index is 0.0489. The molecule has 6 nitrogen and oxygen atoms in total. The Bertz CT molecular complexity index is 514. The molecule has 0 bridgehead atoms. The predicted molar refractivity (Wildman–Crippen MR) is 57.7 cm³/mol. The van der Waals surface area contributed by atoms with Crippen LogP contribution >= 0.6 is 0 Å². The number of carbonyl (C=O) groups is 2. The van der Waals surface area contributed by atoms with Gasteiger partial charge in [0.2, 0.25) is 12.7 Å². The summed E-state index contributed by atoms with van der Waals surface area (Å²) in [6, 6.07) is 4.17. The van der Waals surface area contributed by atoms with Gasteiger partial charge in [0.05, 0.1) is 18.2 Å². The summed E-state index contributed by atoms with van der Waals surface area (Å²) in [5.74, 6) is 0.468. The summed E-state index contributed by atoms with van der Waals surface area (Å²) in [5.41, 5.74) is 6.01. The number of amides is 2. The van der Waals surface area contributed by atoms with Gasteiger partial charge in [-0.25, -0.2) is 4.90 Å². The quantitative estimate of drug-likeness (QED) is 0.692. The van der Waals surface area contributed by atoms with E-state index in [9.17, 15) is 9.59 Å². The Labute approximate surface area is 96.9 Å². The number of benzene rings is 1. The van der Waals surface area contributed by atoms with E-state index in [2.05, 4.69) is 0 Å². The Morgan fingerprint density at radius 2 is 2.00 bits per heavy atom. The molecule has 2 amide bonds. The highest BCUT2D eigenvalue weighted by molar-refractivity contribution is 6.22. The van der Waals surface area contributed by atoms with Gasteiger partial charge in [0.15, 0.2) is 11.5 Å². The molecular formula is C11H10N2O4. The lowest BCUT2D eigenvalue weighted by Gasteiger charge is -2.14. The third-order valence-electron chi connectivity index (χ3n) is 2.80. The van der Waals surface area contributed by atoms with Crippen molar-refractivity contribution in [2.75, 3.05) is 11.7 Å². The van der Waals surface area contributed by atoms with Gasteiger partial charge in [-0.1, -0.05) is 0 Å². The van der Waals surface area contributed by atoms with Gasteiger partial charge in [0.1, 0.15) is 0 Å². The Morgan fingerprint density at radius 1 is 1.24 bits per heavy atom. The topological polar surface area (TPSA) is 81.9 Å². The number of hydrogen-bond acceptors (Lipinski definition) is 5. The first-order valence-electron chi connectivity index (χ1n) is 5.19. The van der Waals surface area contributed by atoms with E-state index in [1.54, 1.807) is 18.2 Å². The maximum Gasteiger partial charge on any atom is 0.251 e. The van der Waals surface area contributed by atoms with Gasteiger partial charge in [-0.05, 0) is 12.1 Å². The molecule has 0 saturated carbocycles.